The highest BCUT2D eigenvalue weighted by Crippen LogP contribution is 2.21. The third kappa shape index (κ3) is 7.14. The number of hydrogen-bond donors (Lipinski definition) is 2. The summed E-state index contributed by atoms with van der Waals surface area (Å²) >= 11 is 0. The van der Waals surface area contributed by atoms with Crippen molar-refractivity contribution in [2.75, 3.05) is 13.1 Å². The molecule has 0 spiro atoms. The fraction of sp³-hybridized carbons (Fsp3) is 0.900. The number of hydrogen-bond acceptors (Lipinski definition) is 2. The van der Waals surface area contributed by atoms with Gasteiger partial charge in [0.05, 0.1) is 6.54 Å². The van der Waals surface area contributed by atoms with E-state index in [0.717, 1.165) is 6.42 Å². The smallest absolute Gasteiger partial charge is 0.324 e. The molecule has 3 N–H and O–H groups in total. The largest absolute Gasteiger partial charge is 0.350 e. The highest BCUT2D eigenvalue weighted by molar-refractivity contribution is 5.75. The minimum atomic E-state index is -4.17. The van der Waals surface area contributed by atoms with E-state index in [0.29, 0.717) is 13.0 Å². The summed E-state index contributed by atoms with van der Waals surface area (Å²) in [5.41, 5.74) is 5.30. The van der Waals surface area contributed by atoms with E-state index in [4.69, 9.17) is 5.73 Å². The second-order valence-electron chi connectivity index (χ2n) is 4.06. The van der Waals surface area contributed by atoms with Gasteiger partial charge in [0.25, 0.3) is 0 Å². The lowest BCUT2D eigenvalue weighted by Crippen LogP contribution is -2.41. The number of nitrogens with two attached hydrogens (primary N) is 1. The fourth-order valence-corrected chi connectivity index (χ4v) is 1.19. The summed E-state index contributed by atoms with van der Waals surface area (Å²) in [6.07, 6.45) is -2.48. The van der Waals surface area contributed by atoms with Crippen molar-refractivity contribution in [2.24, 2.45) is 11.7 Å². The molecule has 0 saturated heterocycles. The summed E-state index contributed by atoms with van der Waals surface area (Å²) in [5, 5.41) is 1.80. The Labute approximate surface area is 97.7 Å². The molecular weight excluding hydrogens is 240 g/mol. The van der Waals surface area contributed by atoms with E-state index in [2.05, 4.69) is 0 Å². The van der Waals surface area contributed by atoms with Gasteiger partial charge in [-0.3, -0.25) is 4.79 Å². The summed E-state index contributed by atoms with van der Waals surface area (Å²) in [4.78, 5) is 11.1. The molecular formula is C10H18F4N2O. The van der Waals surface area contributed by atoms with Crippen molar-refractivity contribution in [3.05, 3.63) is 0 Å². The first-order valence-electron chi connectivity index (χ1n) is 5.42. The lowest BCUT2D eigenvalue weighted by atomic mass is 10.0. The molecule has 0 aromatic heterocycles. The van der Waals surface area contributed by atoms with Crippen LogP contribution < -0.4 is 11.1 Å². The molecule has 0 aromatic rings. The average Bonchev–Trinajstić information content (AvgIpc) is 2.24. The molecule has 0 bridgehead atoms. The minimum Gasteiger partial charge on any atom is -0.350 e. The van der Waals surface area contributed by atoms with Gasteiger partial charge in [0.2, 0.25) is 5.91 Å². The zero-order chi connectivity index (χ0) is 13.5. The van der Waals surface area contributed by atoms with Crippen molar-refractivity contribution in [3.8, 4) is 0 Å². The van der Waals surface area contributed by atoms with Crippen LogP contribution in [0.25, 0.3) is 0 Å². The van der Waals surface area contributed by atoms with Crippen molar-refractivity contribution in [1.82, 2.24) is 5.32 Å². The summed E-state index contributed by atoms with van der Waals surface area (Å²) < 4.78 is 48.4. The van der Waals surface area contributed by atoms with E-state index in [9.17, 15) is 22.4 Å². The molecule has 0 aromatic carbocycles. The Kier molecular flexibility index (Phi) is 7.10. The van der Waals surface area contributed by atoms with Crippen LogP contribution in [0.1, 0.15) is 26.2 Å². The van der Waals surface area contributed by atoms with Gasteiger partial charge < -0.3 is 11.1 Å². The van der Waals surface area contributed by atoms with Gasteiger partial charge in [0.1, 0.15) is 0 Å². The molecule has 0 fully saturated rings. The number of rotatable bonds is 8. The number of carbonyl (C=O) groups excluding carboxylic acids is 1. The van der Waals surface area contributed by atoms with Crippen molar-refractivity contribution < 1.29 is 22.4 Å². The monoisotopic (exact) mass is 258 g/mol. The number of carbonyl (C=O) groups is 1. The van der Waals surface area contributed by atoms with Crippen LogP contribution in [0.3, 0.4) is 0 Å². The highest BCUT2D eigenvalue weighted by Gasteiger charge is 2.40. The first kappa shape index (κ1) is 16.1. The standard InChI is InChI=1S/C10H18F4N2O/c1-7(4-5-15)2-3-8(17)16-6-10(13,14)9(11)12/h7,9H,2-6,15H2,1H3,(H,16,17). The first-order chi connectivity index (χ1) is 7.79. The van der Waals surface area contributed by atoms with Crippen molar-refractivity contribution in [2.45, 2.75) is 38.5 Å². The molecule has 0 rings (SSSR count). The highest BCUT2D eigenvalue weighted by atomic mass is 19.3. The minimum absolute atomic E-state index is 0.0421. The summed E-state index contributed by atoms with van der Waals surface area (Å²) in [6.45, 7) is 1.05. The molecule has 0 aliphatic heterocycles. The maximum atomic E-state index is 12.4. The van der Waals surface area contributed by atoms with Gasteiger partial charge in [-0.25, -0.2) is 8.78 Å². The lowest BCUT2D eigenvalue weighted by Gasteiger charge is -2.16. The SMILES string of the molecule is CC(CCN)CCC(=O)NCC(F)(F)C(F)F. The van der Waals surface area contributed by atoms with Crippen LogP contribution in [-0.2, 0) is 4.79 Å². The molecule has 3 nitrogen and oxygen atoms in total. The molecule has 0 radical (unpaired) electrons. The van der Waals surface area contributed by atoms with E-state index in [-0.39, 0.29) is 12.3 Å². The van der Waals surface area contributed by atoms with Gasteiger partial charge in [-0.05, 0) is 25.3 Å². The van der Waals surface area contributed by atoms with E-state index < -0.39 is 24.8 Å². The first-order valence-corrected chi connectivity index (χ1v) is 5.42. The van der Waals surface area contributed by atoms with Gasteiger partial charge in [-0.15, -0.1) is 0 Å². The molecule has 0 saturated carbocycles. The number of nitrogens with one attached hydrogen (secondary N) is 1. The summed E-state index contributed by atoms with van der Waals surface area (Å²) in [6, 6.07) is 0. The molecule has 0 aliphatic carbocycles. The number of amides is 1. The second kappa shape index (κ2) is 7.47. The van der Waals surface area contributed by atoms with Crippen LogP contribution in [0.15, 0.2) is 0 Å². The van der Waals surface area contributed by atoms with Crippen molar-refractivity contribution in [1.29, 1.82) is 0 Å². The Morgan fingerprint density at radius 1 is 1.35 bits per heavy atom. The van der Waals surface area contributed by atoms with E-state index >= 15 is 0 Å². The van der Waals surface area contributed by atoms with Crippen LogP contribution in [-0.4, -0.2) is 31.3 Å². The molecule has 17 heavy (non-hydrogen) atoms. The third-order valence-corrected chi connectivity index (χ3v) is 2.36. The van der Waals surface area contributed by atoms with Crippen LogP contribution in [0.5, 0.6) is 0 Å². The molecule has 1 atom stereocenters. The maximum absolute atomic E-state index is 12.4. The predicted octanol–water partition coefficient (Wildman–Crippen LogP) is 1.77. The lowest BCUT2D eigenvalue weighted by molar-refractivity contribution is -0.136. The Hall–Kier alpha value is -0.850. The normalized spacial score (nSPS) is 13.8. The fourth-order valence-electron chi connectivity index (χ4n) is 1.19. The Morgan fingerprint density at radius 2 is 1.94 bits per heavy atom. The molecule has 102 valence electrons. The maximum Gasteiger partial charge on any atom is 0.324 e. The summed E-state index contributed by atoms with van der Waals surface area (Å²) in [5.74, 6) is -4.60. The van der Waals surface area contributed by atoms with Gasteiger partial charge in [0.15, 0.2) is 0 Å². The van der Waals surface area contributed by atoms with Crippen LogP contribution in [0.4, 0.5) is 17.6 Å². The second-order valence-corrected chi connectivity index (χ2v) is 4.06. The van der Waals surface area contributed by atoms with Gasteiger partial charge in [-0.1, -0.05) is 6.92 Å². The topological polar surface area (TPSA) is 55.1 Å². The van der Waals surface area contributed by atoms with Gasteiger partial charge in [-0.2, -0.15) is 8.78 Å². The molecule has 7 heteroatoms. The van der Waals surface area contributed by atoms with Crippen molar-refractivity contribution in [3.63, 3.8) is 0 Å². The van der Waals surface area contributed by atoms with Crippen LogP contribution in [0.2, 0.25) is 0 Å². The number of halogens is 4. The quantitative estimate of drug-likeness (QED) is 0.652. The molecule has 1 unspecified atom stereocenters. The zero-order valence-corrected chi connectivity index (χ0v) is 9.69. The van der Waals surface area contributed by atoms with Crippen LogP contribution in [0, 0.1) is 5.92 Å². The Balaban J connectivity index is 3.81. The Bertz CT molecular complexity index is 236. The molecule has 1 amide bonds. The molecule has 0 heterocycles. The van der Waals surface area contributed by atoms with E-state index in [1.165, 1.54) is 0 Å². The van der Waals surface area contributed by atoms with Crippen molar-refractivity contribution >= 4 is 5.91 Å². The van der Waals surface area contributed by atoms with E-state index in [1.807, 2.05) is 6.92 Å². The zero-order valence-electron chi connectivity index (χ0n) is 9.69. The average molecular weight is 258 g/mol. The number of alkyl halides is 4. The Morgan fingerprint density at radius 3 is 2.41 bits per heavy atom. The molecule has 0 aliphatic rings. The third-order valence-electron chi connectivity index (χ3n) is 2.36. The van der Waals surface area contributed by atoms with E-state index in [1.54, 1.807) is 5.32 Å². The van der Waals surface area contributed by atoms with Gasteiger partial charge >= 0.3 is 12.3 Å². The predicted molar refractivity (Wildman–Crippen MR) is 56.0 cm³/mol. The summed E-state index contributed by atoms with van der Waals surface area (Å²) in [7, 11) is 0. The van der Waals surface area contributed by atoms with Gasteiger partial charge in [0, 0.05) is 6.42 Å². The van der Waals surface area contributed by atoms with Crippen LogP contribution >= 0.6 is 0 Å².